The van der Waals surface area contributed by atoms with Gasteiger partial charge in [-0.2, -0.15) is 0 Å². The van der Waals surface area contributed by atoms with Crippen LogP contribution in [0.15, 0.2) is 18.3 Å². The van der Waals surface area contributed by atoms with E-state index in [2.05, 4.69) is 42.9 Å². The van der Waals surface area contributed by atoms with Crippen molar-refractivity contribution < 1.29 is 4.79 Å². The number of rotatable bonds is 4. The van der Waals surface area contributed by atoms with Crippen LogP contribution in [0.5, 0.6) is 0 Å². The maximum Gasteiger partial charge on any atom is 0.238 e. The summed E-state index contributed by atoms with van der Waals surface area (Å²) in [6.45, 7) is 9.37. The molecule has 0 saturated heterocycles. The number of nitrogens with two attached hydrogens (primary N) is 1. The maximum absolute atomic E-state index is 11.1. The molecule has 0 aliphatic carbocycles. The molecule has 0 saturated carbocycles. The lowest BCUT2D eigenvalue weighted by Crippen LogP contribution is -2.41. The molecule has 0 unspecified atom stereocenters. The molecule has 0 fully saturated rings. The SMILES string of the molecule is CCN(c1ccc(NC(=O)CN)cn1)C(C)(C)C. The third kappa shape index (κ3) is 3.70. The minimum Gasteiger partial charge on any atom is -0.352 e. The predicted molar refractivity (Wildman–Crippen MR) is 74.7 cm³/mol. The highest BCUT2D eigenvalue weighted by molar-refractivity contribution is 5.91. The van der Waals surface area contributed by atoms with Crippen molar-refractivity contribution in [3.05, 3.63) is 18.3 Å². The Morgan fingerprint density at radius 3 is 2.50 bits per heavy atom. The van der Waals surface area contributed by atoms with E-state index in [0.29, 0.717) is 5.69 Å². The number of nitrogens with one attached hydrogen (secondary N) is 1. The average molecular weight is 250 g/mol. The molecule has 1 aromatic heterocycles. The van der Waals surface area contributed by atoms with Gasteiger partial charge in [-0.3, -0.25) is 4.79 Å². The lowest BCUT2D eigenvalue weighted by Gasteiger charge is -2.35. The number of amides is 1. The van der Waals surface area contributed by atoms with Crippen LogP contribution < -0.4 is 16.0 Å². The molecular weight excluding hydrogens is 228 g/mol. The molecule has 3 N–H and O–H groups in total. The molecule has 0 radical (unpaired) electrons. The quantitative estimate of drug-likeness (QED) is 0.851. The number of aromatic nitrogens is 1. The van der Waals surface area contributed by atoms with Crippen LogP contribution in [0.2, 0.25) is 0 Å². The minimum atomic E-state index is -0.215. The molecule has 0 bridgehead atoms. The van der Waals surface area contributed by atoms with Gasteiger partial charge >= 0.3 is 0 Å². The van der Waals surface area contributed by atoms with E-state index in [0.717, 1.165) is 12.4 Å². The van der Waals surface area contributed by atoms with Gasteiger partial charge in [-0.25, -0.2) is 4.98 Å². The fraction of sp³-hybridized carbons (Fsp3) is 0.538. The molecule has 18 heavy (non-hydrogen) atoms. The van der Waals surface area contributed by atoms with Gasteiger partial charge in [-0.15, -0.1) is 0 Å². The Hall–Kier alpha value is -1.62. The Morgan fingerprint density at radius 2 is 2.11 bits per heavy atom. The van der Waals surface area contributed by atoms with Gasteiger partial charge in [0.05, 0.1) is 18.4 Å². The molecule has 100 valence electrons. The van der Waals surface area contributed by atoms with Crippen LogP contribution in [-0.2, 0) is 4.79 Å². The smallest absolute Gasteiger partial charge is 0.238 e. The fourth-order valence-corrected chi connectivity index (χ4v) is 1.81. The number of hydrogen-bond donors (Lipinski definition) is 2. The second-order valence-electron chi connectivity index (χ2n) is 5.07. The number of pyridine rings is 1. The van der Waals surface area contributed by atoms with Crippen molar-refractivity contribution in [1.29, 1.82) is 0 Å². The van der Waals surface area contributed by atoms with Crippen molar-refractivity contribution in [2.45, 2.75) is 33.2 Å². The molecule has 0 aliphatic rings. The van der Waals surface area contributed by atoms with Crippen molar-refractivity contribution >= 4 is 17.4 Å². The zero-order valence-corrected chi connectivity index (χ0v) is 11.5. The first-order valence-corrected chi connectivity index (χ1v) is 6.12. The fourth-order valence-electron chi connectivity index (χ4n) is 1.81. The van der Waals surface area contributed by atoms with Crippen LogP contribution in [0.1, 0.15) is 27.7 Å². The Labute approximate surface area is 108 Å². The lowest BCUT2D eigenvalue weighted by molar-refractivity contribution is -0.114. The zero-order valence-electron chi connectivity index (χ0n) is 11.5. The summed E-state index contributed by atoms with van der Waals surface area (Å²) in [6, 6.07) is 3.74. The molecule has 1 aromatic rings. The van der Waals surface area contributed by atoms with Crippen LogP contribution >= 0.6 is 0 Å². The predicted octanol–water partition coefficient (Wildman–Crippen LogP) is 1.60. The van der Waals surface area contributed by atoms with Gasteiger partial charge in [0, 0.05) is 12.1 Å². The van der Waals surface area contributed by atoms with Crippen molar-refractivity contribution in [2.75, 3.05) is 23.3 Å². The van der Waals surface area contributed by atoms with Crippen LogP contribution in [0.25, 0.3) is 0 Å². The van der Waals surface area contributed by atoms with Crippen LogP contribution in [0, 0.1) is 0 Å². The van der Waals surface area contributed by atoms with Gasteiger partial charge in [-0.05, 0) is 39.8 Å². The van der Waals surface area contributed by atoms with Gasteiger partial charge in [0.25, 0.3) is 0 Å². The number of carbonyl (C=O) groups excluding carboxylic acids is 1. The number of carbonyl (C=O) groups is 1. The Kier molecular flexibility index (Phi) is 4.67. The van der Waals surface area contributed by atoms with E-state index in [9.17, 15) is 4.79 Å². The van der Waals surface area contributed by atoms with Gasteiger partial charge in [0.2, 0.25) is 5.91 Å². The van der Waals surface area contributed by atoms with Gasteiger partial charge in [-0.1, -0.05) is 0 Å². The highest BCUT2D eigenvalue weighted by Crippen LogP contribution is 2.22. The second kappa shape index (κ2) is 5.82. The summed E-state index contributed by atoms with van der Waals surface area (Å²) in [5.41, 5.74) is 5.92. The molecule has 5 nitrogen and oxygen atoms in total. The summed E-state index contributed by atoms with van der Waals surface area (Å²) in [5, 5.41) is 2.67. The summed E-state index contributed by atoms with van der Waals surface area (Å²) < 4.78 is 0. The largest absolute Gasteiger partial charge is 0.352 e. The normalized spacial score (nSPS) is 11.2. The molecule has 0 aromatic carbocycles. The van der Waals surface area contributed by atoms with E-state index in [1.807, 2.05) is 12.1 Å². The van der Waals surface area contributed by atoms with E-state index >= 15 is 0 Å². The highest BCUT2D eigenvalue weighted by Gasteiger charge is 2.20. The molecule has 0 atom stereocenters. The Morgan fingerprint density at radius 1 is 1.44 bits per heavy atom. The molecule has 1 rings (SSSR count). The first-order valence-electron chi connectivity index (χ1n) is 6.12. The third-order valence-corrected chi connectivity index (χ3v) is 2.62. The number of nitrogens with zero attached hydrogens (tertiary/aromatic N) is 2. The third-order valence-electron chi connectivity index (χ3n) is 2.62. The molecule has 1 amide bonds. The molecule has 5 heteroatoms. The Bertz CT molecular complexity index is 394. The van der Waals surface area contributed by atoms with Crippen LogP contribution in [0.4, 0.5) is 11.5 Å². The standard InChI is InChI=1S/C13H22N4O/c1-5-17(13(2,3)4)11-7-6-10(9-15-11)16-12(18)8-14/h6-7,9H,5,8,14H2,1-4H3,(H,16,18). The first kappa shape index (κ1) is 14.4. The summed E-state index contributed by atoms with van der Waals surface area (Å²) >= 11 is 0. The monoisotopic (exact) mass is 250 g/mol. The summed E-state index contributed by atoms with van der Waals surface area (Å²) in [5.74, 6) is 0.684. The van der Waals surface area contributed by atoms with Crippen LogP contribution in [-0.4, -0.2) is 29.5 Å². The first-order chi connectivity index (χ1) is 8.38. The molecule has 1 heterocycles. The van der Waals surface area contributed by atoms with Crippen LogP contribution in [0.3, 0.4) is 0 Å². The van der Waals surface area contributed by atoms with E-state index in [1.165, 1.54) is 0 Å². The maximum atomic E-state index is 11.1. The topological polar surface area (TPSA) is 71.2 Å². The van der Waals surface area contributed by atoms with Crippen molar-refractivity contribution in [3.8, 4) is 0 Å². The van der Waals surface area contributed by atoms with Gasteiger partial charge < -0.3 is 16.0 Å². The van der Waals surface area contributed by atoms with Crippen molar-refractivity contribution in [2.24, 2.45) is 5.73 Å². The van der Waals surface area contributed by atoms with E-state index in [4.69, 9.17) is 5.73 Å². The molecular formula is C13H22N4O. The molecule has 0 aliphatic heterocycles. The van der Waals surface area contributed by atoms with Crippen molar-refractivity contribution in [1.82, 2.24) is 4.98 Å². The van der Waals surface area contributed by atoms with E-state index in [-0.39, 0.29) is 18.0 Å². The zero-order chi connectivity index (χ0) is 13.8. The summed E-state index contributed by atoms with van der Waals surface area (Å²) in [7, 11) is 0. The number of anilines is 2. The van der Waals surface area contributed by atoms with Gasteiger partial charge in [0.15, 0.2) is 0 Å². The van der Waals surface area contributed by atoms with Crippen molar-refractivity contribution in [3.63, 3.8) is 0 Å². The van der Waals surface area contributed by atoms with Gasteiger partial charge in [0.1, 0.15) is 5.82 Å². The highest BCUT2D eigenvalue weighted by atomic mass is 16.1. The summed E-state index contributed by atoms with van der Waals surface area (Å²) in [4.78, 5) is 17.7. The van der Waals surface area contributed by atoms with E-state index in [1.54, 1.807) is 6.20 Å². The Balaban J connectivity index is 2.84. The van der Waals surface area contributed by atoms with E-state index < -0.39 is 0 Å². The molecule has 0 spiro atoms. The minimum absolute atomic E-state index is 0.0176. The second-order valence-corrected chi connectivity index (χ2v) is 5.07. The summed E-state index contributed by atoms with van der Waals surface area (Å²) in [6.07, 6.45) is 1.65. The lowest BCUT2D eigenvalue weighted by atomic mass is 10.1. The number of hydrogen-bond acceptors (Lipinski definition) is 4. The average Bonchev–Trinajstić information content (AvgIpc) is 2.30.